The smallest absolute Gasteiger partial charge is 0.223 e. The molecule has 3 heteroatoms. The van der Waals surface area contributed by atoms with Crippen molar-refractivity contribution in [1.29, 1.82) is 0 Å². The van der Waals surface area contributed by atoms with E-state index in [1.807, 2.05) is 6.07 Å². The molecule has 1 aromatic carbocycles. The Labute approximate surface area is 127 Å². The van der Waals surface area contributed by atoms with Gasteiger partial charge in [-0.15, -0.1) is 0 Å². The van der Waals surface area contributed by atoms with E-state index in [1.54, 1.807) is 0 Å². The van der Waals surface area contributed by atoms with E-state index >= 15 is 0 Å². The number of amides is 1. The van der Waals surface area contributed by atoms with Crippen molar-refractivity contribution in [1.82, 2.24) is 5.32 Å². The molecule has 0 saturated heterocycles. The van der Waals surface area contributed by atoms with Crippen LogP contribution in [0.5, 0.6) is 0 Å². The van der Waals surface area contributed by atoms with Crippen LogP contribution in [-0.2, 0) is 16.8 Å². The molecule has 1 amide bonds. The molecule has 0 radical (unpaired) electrons. The van der Waals surface area contributed by atoms with Crippen molar-refractivity contribution in [2.75, 3.05) is 0 Å². The van der Waals surface area contributed by atoms with E-state index in [4.69, 9.17) is 0 Å². The van der Waals surface area contributed by atoms with E-state index in [2.05, 4.69) is 44.3 Å². The van der Waals surface area contributed by atoms with Gasteiger partial charge < -0.3 is 10.4 Å². The Kier molecular flexibility index (Phi) is 5.04. The standard InChI is InChI=1S/C18H27NO2/c1-18(2,3)16-7-5-4-6-14(16)12-19-17(21)13-8-10-15(20)11-9-13/h4-7,13,15,20H,8-12H2,1-3H3,(H,19,21). The van der Waals surface area contributed by atoms with Gasteiger partial charge in [-0.3, -0.25) is 4.79 Å². The molecule has 116 valence electrons. The van der Waals surface area contributed by atoms with E-state index in [0.29, 0.717) is 6.54 Å². The lowest BCUT2D eigenvalue weighted by molar-refractivity contribution is -0.126. The molecule has 0 bridgehead atoms. The number of hydrogen-bond acceptors (Lipinski definition) is 2. The van der Waals surface area contributed by atoms with E-state index in [-0.39, 0.29) is 23.3 Å². The van der Waals surface area contributed by atoms with Crippen molar-refractivity contribution < 1.29 is 9.90 Å². The number of hydrogen-bond donors (Lipinski definition) is 2. The first-order valence-electron chi connectivity index (χ1n) is 7.92. The van der Waals surface area contributed by atoms with Gasteiger partial charge >= 0.3 is 0 Å². The third-order valence-corrected chi connectivity index (χ3v) is 4.35. The summed E-state index contributed by atoms with van der Waals surface area (Å²) in [5.41, 5.74) is 2.55. The summed E-state index contributed by atoms with van der Waals surface area (Å²) >= 11 is 0. The van der Waals surface area contributed by atoms with Gasteiger partial charge in [-0.1, -0.05) is 45.0 Å². The summed E-state index contributed by atoms with van der Waals surface area (Å²) in [6.07, 6.45) is 2.88. The molecule has 1 saturated carbocycles. The third kappa shape index (κ3) is 4.31. The van der Waals surface area contributed by atoms with Gasteiger partial charge in [-0.25, -0.2) is 0 Å². The first-order valence-corrected chi connectivity index (χ1v) is 7.92. The van der Waals surface area contributed by atoms with Crippen molar-refractivity contribution in [2.24, 2.45) is 5.92 Å². The van der Waals surface area contributed by atoms with Gasteiger partial charge in [0.15, 0.2) is 0 Å². The van der Waals surface area contributed by atoms with Crippen molar-refractivity contribution in [3.8, 4) is 0 Å². The summed E-state index contributed by atoms with van der Waals surface area (Å²) in [4.78, 5) is 12.2. The van der Waals surface area contributed by atoms with E-state index in [1.165, 1.54) is 11.1 Å². The van der Waals surface area contributed by atoms with Gasteiger partial charge in [0.2, 0.25) is 5.91 Å². The maximum atomic E-state index is 12.2. The Hall–Kier alpha value is -1.35. The average molecular weight is 289 g/mol. The largest absolute Gasteiger partial charge is 0.393 e. The van der Waals surface area contributed by atoms with Gasteiger partial charge in [-0.05, 0) is 42.2 Å². The minimum Gasteiger partial charge on any atom is -0.393 e. The number of aliphatic hydroxyl groups is 1. The van der Waals surface area contributed by atoms with Crippen molar-refractivity contribution in [2.45, 2.75) is 64.5 Å². The SMILES string of the molecule is CC(C)(C)c1ccccc1CNC(=O)C1CCC(O)CC1. The van der Waals surface area contributed by atoms with Gasteiger partial charge in [0.25, 0.3) is 0 Å². The number of carbonyl (C=O) groups is 1. The molecule has 0 aliphatic heterocycles. The fourth-order valence-electron chi connectivity index (χ4n) is 3.07. The fraction of sp³-hybridized carbons (Fsp3) is 0.611. The van der Waals surface area contributed by atoms with Crippen LogP contribution in [0, 0.1) is 5.92 Å². The molecule has 3 nitrogen and oxygen atoms in total. The van der Waals surface area contributed by atoms with Crippen LogP contribution in [0.15, 0.2) is 24.3 Å². The van der Waals surface area contributed by atoms with Crippen LogP contribution in [0.3, 0.4) is 0 Å². The minimum absolute atomic E-state index is 0.0650. The predicted molar refractivity (Wildman–Crippen MR) is 85.0 cm³/mol. The second-order valence-corrected chi connectivity index (χ2v) is 7.13. The van der Waals surface area contributed by atoms with Crippen LogP contribution in [0.25, 0.3) is 0 Å². The van der Waals surface area contributed by atoms with Crippen LogP contribution in [0.1, 0.15) is 57.6 Å². The maximum Gasteiger partial charge on any atom is 0.223 e. The van der Waals surface area contributed by atoms with Crippen LogP contribution < -0.4 is 5.32 Å². The van der Waals surface area contributed by atoms with Gasteiger partial charge in [0.05, 0.1) is 6.10 Å². The molecule has 1 aliphatic carbocycles. The topological polar surface area (TPSA) is 49.3 Å². The molecular weight excluding hydrogens is 262 g/mol. The summed E-state index contributed by atoms with van der Waals surface area (Å²) in [7, 11) is 0. The summed E-state index contributed by atoms with van der Waals surface area (Å²) in [5, 5.41) is 12.6. The number of carbonyl (C=O) groups excluding carboxylic acids is 1. The van der Waals surface area contributed by atoms with E-state index < -0.39 is 0 Å². The van der Waals surface area contributed by atoms with Crippen molar-refractivity contribution in [3.05, 3.63) is 35.4 Å². The summed E-state index contributed by atoms with van der Waals surface area (Å²) < 4.78 is 0. The zero-order valence-electron chi connectivity index (χ0n) is 13.4. The Morgan fingerprint density at radius 3 is 2.43 bits per heavy atom. The second kappa shape index (κ2) is 6.61. The summed E-state index contributed by atoms with van der Waals surface area (Å²) in [5.74, 6) is 0.195. The highest BCUT2D eigenvalue weighted by molar-refractivity contribution is 5.78. The lowest BCUT2D eigenvalue weighted by atomic mass is 9.83. The second-order valence-electron chi connectivity index (χ2n) is 7.13. The summed E-state index contributed by atoms with van der Waals surface area (Å²) in [6, 6.07) is 8.30. The Bertz CT molecular complexity index is 482. The highest BCUT2D eigenvalue weighted by atomic mass is 16.3. The summed E-state index contributed by atoms with van der Waals surface area (Å²) in [6.45, 7) is 7.16. The molecular formula is C18H27NO2. The highest BCUT2D eigenvalue weighted by Crippen LogP contribution is 2.27. The van der Waals surface area contributed by atoms with E-state index in [0.717, 1.165) is 25.7 Å². The number of rotatable bonds is 3. The van der Waals surface area contributed by atoms with Gasteiger partial charge in [0.1, 0.15) is 0 Å². The van der Waals surface area contributed by atoms with Gasteiger partial charge in [-0.2, -0.15) is 0 Å². The molecule has 0 atom stereocenters. The molecule has 0 heterocycles. The normalized spacial score (nSPS) is 22.9. The van der Waals surface area contributed by atoms with Gasteiger partial charge in [0, 0.05) is 12.5 Å². The lowest BCUT2D eigenvalue weighted by Crippen LogP contribution is -2.34. The number of benzene rings is 1. The zero-order chi connectivity index (χ0) is 15.5. The van der Waals surface area contributed by atoms with E-state index in [9.17, 15) is 9.90 Å². The number of aliphatic hydroxyl groups excluding tert-OH is 1. The molecule has 0 unspecified atom stereocenters. The van der Waals surface area contributed by atoms with Crippen LogP contribution in [-0.4, -0.2) is 17.1 Å². The Balaban J connectivity index is 1.96. The zero-order valence-corrected chi connectivity index (χ0v) is 13.4. The predicted octanol–water partition coefficient (Wildman–Crippen LogP) is 3.15. The monoisotopic (exact) mass is 289 g/mol. The highest BCUT2D eigenvalue weighted by Gasteiger charge is 2.25. The molecule has 1 aliphatic rings. The van der Waals surface area contributed by atoms with Crippen LogP contribution >= 0.6 is 0 Å². The lowest BCUT2D eigenvalue weighted by Gasteiger charge is -2.26. The van der Waals surface area contributed by atoms with Crippen LogP contribution in [0.2, 0.25) is 0 Å². The first kappa shape index (κ1) is 16.0. The third-order valence-electron chi connectivity index (χ3n) is 4.35. The fourth-order valence-corrected chi connectivity index (χ4v) is 3.07. The van der Waals surface area contributed by atoms with Crippen LogP contribution in [0.4, 0.5) is 0 Å². The first-order chi connectivity index (χ1) is 9.88. The number of nitrogens with one attached hydrogen (secondary N) is 1. The molecule has 1 aromatic rings. The average Bonchev–Trinajstić information content (AvgIpc) is 2.45. The van der Waals surface area contributed by atoms with Crippen molar-refractivity contribution >= 4 is 5.91 Å². The Morgan fingerprint density at radius 2 is 1.81 bits per heavy atom. The molecule has 2 rings (SSSR count). The quantitative estimate of drug-likeness (QED) is 0.898. The molecule has 2 N–H and O–H groups in total. The molecule has 1 fully saturated rings. The Morgan fingerprint density at radius 1 is 1.19 bits per heavy atom. The molecule has 0 aromatic heterocycles. The van der Waals surface area contributed by atoms with Crippen molar-refractivity contribution in [3.63, 3.8) is 0 Å². The maximum absolute atomic E-state index is 12.2. The molecule has 0 spiro atoms. The minimum atomic E-state index is -0.212. The molecule has 21 heavy (non-hydrogen) atoms.